The Balaban J connectivity index is 1.83. The molecule has 1 atom stereocenters. The maximum absolute atomic E-state index is 12.5. The van der Waals surface area contributed by atoms with Crippen LogP contribution in [0, 0.1) is 0 Å². The zero-order valence-electron chi connectivity index (χ0n) is 13.4. The molecule has 2 aromatic carbocycles. The molecular weight excluding hydrogens is 347 g/mol. The van der Waals surface area contributed by atoms with E-state index in [4.69, 9.17) is 5.73 Å². The number of carbonyl (C=O) groups is 1. The molecule has 0 spiro atoms. The number of rotatable bonds is 5. The Hall–Kier alpha value is -3.16. The minimum atomic E-state index is -4.70. The van der Waals surface area contributed by atoms with E-state index in [1.807, 2.05) is 30.3 Å². The second-order valence-corrected chi connectivity index (χ2v) is 5.69. The molecule has 0 saturated heterocycles. The van der Waals surface area contributed by atoms with Crippen molar-refractivity contribution < 1.29 is 22.5 Å². The lowest BCUT2D eigenvalue weighted by Gasteiger charge is -2.14. The van der Waals surface area contributed by atoms with Gasteiger partial charge < -0.3 is 10.3 Å². The zero-order valence-corrected chi connectivity index (χ0v) is 13.4. The van der Waals surface area contributed by atoms with E-state index in [-0.39, 0.29) is 5.82 Å². The summed E-state index contributed by atoms with van der Waals surface area (Å²) in [6.07, 6.45) is -4.27. The van der Waals surface area contributed by atoms with Crippen molar-refractivity contribution in [1.29, 1.82) is 0 Å². The van der Waals surface area contributed by atoms with Gasteiger partial charge in [-0.05, 0) is 17.5 Å². The van der Waals surface area contributed by atoms with E-state index in [0.717, 1.165) is 5.56 Å². The maximum atomic E-state index is 12.5. The molecule has 1 aromatic heterocycles. The summed E-state index contributed by atoms with van der Waals surface area (Å²) in [5.41, 5.74) is 7.47. The molecule has 0 aliphatic rings. The van der Waals surface area contributed by atoms with Crippen LogP contribution in [0.4, 0.5) is 13.2 Å². The number of primary amides is 1. The number of benzene rings is 2. The molecule has 0 saturated carbocycles. The highest BCUT2D eigenvalue weighted by Gasteiger charge is 2.38. The Morgan fingerprint density at radius 1 is 1.08 bits per heavy atom. The summed E-state index contributed by atoms with van der Waals surface area (Å²) in [6, 6.07) is 15.7. The van der Waals surface area contributed by atoms with Crippen LogP contribution in [-0.2, 0) is 17.4 Å². The third-order valence-electron chi connectivity index (χ3n) is 3.87. The van der Waals surface area contributed by atoms with Crippen molar-refractivity contribution in [2.24, 2.45) is 5.73 Å². The van der Waals surface area contributed by atoms with Crippen LogP contribution in [0.5, 0.6) is 0 Å². The van der Waals surface area contributed by atoms with Gasteiger partial charge in [0.25, 0.3) is 0 Å². The van der Waals surface area contributed by atoms with Gasteiger partial charge >= 0.3 is 12.1 Å². The first-order chi connectivity index (χ1) is 12.3. The van der Waals surface area contributed by atoms with Crippen molar-refractivity contribution in [3.63, 3.8) is 0 Å². The fourth-order valence-electron chi connectivity index (χ4n) is 2.55. The van der Waals surface area contributed by atoms with Gasteiger partial charge in [0.2, 0.25) is 11.7 Å². The summed E-state index contributed by atoms with van der Waals surface area (Å²) in [5, 5.41) is 3.33. The van der Waals surface area contributed by atoms with Gasteiger partial charge in [-0.1, -0.05) is 59.8 Å². The van der Waals surface area contributed by atoms with Gasteiger partial charge in [0.05, 0.1) is 5.92 Å². The average molecular weight is 361 g/mol. The van der Waals surface area contributed by atoms with Crippen LogP contribution >= 0.6 is 0 Å². The molecule has 0 aliphatic carbocycles. The van der Waals surface area contributed by atoms with Crippen LogP contribution in [0.1, 0.15) is 22.9 Å². The molecule has 0 radical (unpaired) electrons. The number of halogens is 3. The fraction of sp³-hybridized carbons (Fsp3) is 0.167. The first-order valence-corrected chi connectivity index (χ1v) is 7.69. The van der Waals surface area contributed by atoms with E-state index < -0.39 is 23.9 Å². The molecule has 5 nitrogen and oxygen atoms in total. The third kappa shape index (κ3) is 3.90. The molecule has 134 valence electrons. The third-order valence-corrected chi connectivity index (χ3v) is 3.87. The number of carbonyl (C=O) groups excluding carboxylic acids is 1. The summed E-state index contributed by atoms with van der Waals surface area (Å²) >= 11 is 0. The van der Waals surface area contributed by atoms with E-state index in [0.29, 0.717) is 17.5 Å². The molecule has 8 heteroatoms. The van der Waals surface area contributed by atoms with Crippen LogP contribution in [0.15, 0.2) is 59.1 Å². The van der Waals surface area contributed by atoms with E-state index >= 15 is 0 Å². The Morgan fingerprint density at radius 2 is 1.73 bits per heavy atom. The molecule has 0 aliphatic heterocycles. The van der Waals surface area contributed by atoms with Gasteiger partial charge in [-0.3, -0.25) is 4.79 Å². The minimum Gasteiger partial charge on any atom is -0.369 e. The van der Waals surface area contributed by atoms with Gasteiger partial charge in [0, 0.05) is 5.56 Å². The number of hydrogen-bond donors (Lipinski definition) is 1. The predicted molar refractivity (Wildman–Crippen MR) is 86.8 cm³/mol. The summed E-state index contributed by atoms with van der Waals surface area (Å²) in [6.45, 7) is 0. The molecule has 3 aromatic rings. The number of nitrogens with two attached hydrogens (primary N) is 1. The van der Waals surface area contributed by atoms with Gasteiger partial charge in [-0.15, -0.1) is 0 Å². The highest BCUT2D eigenvalue weighted by Crippen LogP contribution is 2.30. The molecule has 3 rings (SSSR count). The molecule has 1 heterocycles. The largest absolute Gasteiger partial charge is 0.471 e. The Bertz CT molecular complexity index is 890. The Labute approximate surface area is 146 Å². The van der Waals surface area contributed by atoms with Gasteiger partial charge in [-0.2, -0.15) is 18.2 Å². The molecule has 0 fully saturated rings. The van der Waals surface area contributed by atoms with Crippen molar-refractivity contribution in [3.8, 4) is 11.4 Å². The highest BCUT2D eigenvalue weighted by molar-refractivity contribution is 5.82. The van der Waals surface area contributed by atoms with Gasteiger partial charge in [-0.25, -0.2) is 0 Å². The monoisotopic (exact) mass is 361 g/mol. The first-order valence-electron chi connectivity index (χ1n) is 7.69. The predicted octanol–water partition coefficient (Wildman–Crippen LogP) is 3.57. The van der Waals surface area contributed by atoms with Crippen LogP contribution in [0.3, 0.4) is 0 Å². The van der Waals surface area contributed by atoms with E-state index in [9.17, 15) is 18.0 Å². The normalized spacial score (nSPS) is 12.7. The number of aromatic nitrogens is 2. The van der Waals surface area contributed by atoms with E-state index in [1.165, 1.54) is 12.1 Å². The quantitative estimate of drug-likeness (QED) is 0.753. The molecule has 1 unspecified atom stereocenters. The minimum absolute atomic E-state index is 0.178. The van der Waals surface area contributed by atoms with Crippen molar-refractivity contribution in [2.75, 3.05) is 0 Å². The smallest absolute Gasteiger partial charge is 0.369 e. The number of nitrogens with zero attached hydrogens (tertiary/aromatic N) is 2. The molecule has 0 bridgehead atoms. The second kappa shape index (κ2) is 6.99. The SMILES string of the molecule is NC(=O)C(Cc1ccccc1)c1ccc(-c2noc(C(F)(F)F)n2)cc1. The molecular formula is C18H14F3N3O2. The Morgan fingerprint density at radius 3 is 2.27 bits per heavy atom. The maximum Gasteiger partial charge on any atom is 0.471 e. The average Bonchev–Trinajstić information content (AvgIpc) is 3.11. The van der Waals surface area contributed by atoms with E-state index in [1.54, 1.807) is 12.1 Å². The summed E-state index contributed by atoms with van der Waals surface area (Å²) in [4.78, 5) is 15.2. The van der Waals surface area contributed by atoms with Crippen molar-refractivity contribution in [1.82, 2.24) is 10.1 Å². The summed E-state index contributed by atoms with van der Waals surface area (Å²) in [5.74, 6) is -2.62. The standard InChI is InChI=1S/C18H14F3N3O2/c19-18(20,21)17-23-16(24-26-17)13-8-6-12(7-9-13)14(15(22)25)10-11-4-2-1-3-5-11/h1-9,14H,10H2,(H2,22,25). The molecule has 1 amide bonds. The first kappa shape index (κ1) is 17.7. The molecule has 2 N–H and O–H groups in total. The van der Waals surface area contributed by atoms with Crippen LogP contribution in [0.2, 0.25) is 0 Å². The lowest BCUT2D eigenvalue weighted by Crippen LogP contribution is -2.23. The Kier molecular flexibility index (Phi) is 4.75. The fourth-order valence-corrected chi connectivity index (χ4v) is 2.55. The molecule has 26 heavy (non-hydrogen) atoms. The lowest BCUT2D eigenvalue weighted by molar-refractivity contribution is -0.159. The van der Waals surface area contributed by atoms with Crippen LogP contribution in [0.25, 0.3) is 11.4 Å². The second-order valence-electron chi connectivity index (χ2n) is 5.69. The van der Waals surface area contributed by atoms with Crippen LogP contribution in [-0.4, -0.2) is 16.0 Å². The number of hydrogen-bond acceptors (Lipinski definition) is 4. The van der Waals surface area contributed by atoms with Gasteiger partial charge in [0.1, 0.15) is 0 Å². The summed E-state index contributed by atoms with van der Waals surface area (Å²) < 4.78 is 41.8. The van der Waals surface area contributed by atoms with Crippen molar-refractivity contribution >= 4 is 5.91 Å². The lowest BCUT2D eigenvalue weighted by atomic mass is 9.91. The number of alkyl halides is 3. The summed E-state index contributed by atoms with van der Waals surface area (Å²) in [7, 11) is 0. The van der Waals surface area contributed by atoms with Crippen molar-refractivity contribution in [2.45, 2.75) is 18.5 Å². The van der Waals surface area contributed by atoms with Gasteiger partial charge in [0.15, 0.2) is 0 Å². The van der Waals surface area contributed by atoms with Crippen LogP contribution < -0.4 is 5.73 Å². The van der Waals surface area contributed by atoms with E-state index in [2.05, 4.69) is 14.7 Å². The zero-order chi connectivity index (χ0) is 18.7. The topological polar surface area (TPSA) is 82.0 Å². The highest BCUT2D eigenvalue weighted by atomic mass is 19.4. The number of amides is 1. The van der Waals surface area contributed by atoms with Crippen molar-refractivity contribution in [3.05, 3.63) is 71.6 Å².